The predicted molar refractivity (Wildman–Crippen MR) is 72.6 cm³/mol. The lowest BCUT2D eigenvalue weighted by Gasteiger charge is -2.08. The standard InChI is InChI=1S/C15H12ClFO2/c1-9-5-10(7-12(17)6-9)15(18)13-8-11(16)3-4-14(13)19-2/h3-8H,1-2H3. The van der Waals surface area contributed by atoms with Gasteiger partial charge in [-0.3, -0.25) is 4.79 Å². The minimum atomic E-state index is -0.440. The summed E-state index contributed by atoms with van der Waals surface area (Å²) in [7, 11) is 1.47. The molecule has 0 saturated carbocycles. The highest BCUT2D eigenvalue weighted by molar-refractivity contribution is 6.31. The molecule has 0 aromatic heterocycles. The molecule has 0 aliphatic carbocycles. The Morgan fingerprint density at radius 1 is 1.21 bits per heavy atom. The van der Waals surface area contributed by atoms with Crippen LogP contribution < -0.4 is 4.74 Å². The molecule has 2 aromatic carbocycles. The molecule has 0 heterocycles. The van der Waals surface area contributed by atoms with Gasteiger partial charge in [-0.05, 0) is 48.9 Å². The number of aryl methyl sites for hydroxylation is 1. The van der Waals surface area contributed by atoms with Crippen molar-refractivity contribution in [3.63, 3.8) is 0 Å². The van der Waals surface area contributed by atoms with Crippen LogP contribution in [0.25, 0.3) is 0 Å². The Hall–Kier alpha value is -1.87. The molecule has 0 fully saturated rings. The molecule has 4 heteroatoms. The van der Waals surface area contributed by atoms with Crippen molar-refractivity contribution < 1.29 is 13.9 Å². The van der Waals surface area contributed by atoms with Crippen molar-refractivity contribution in [3.8, 4) is 5.75 Å². The lowest BCUT2D eigenvalue weighted by Crippen LogP contribution is -2.05. The van der Waals surface area contributed by atoms with Gasteiger partial charge in [-0.1, -0.05) is 11.6 Å². The second-order valence-electron chi connectivity index (χ2n) is 4.19. The van der Waals surface area contributed by atoms with Crippen LogP contribution in [0.3, 0.4) is 0 Å². The van der Waals surface area contributed by atoms with E-state index in [0.717, 1.165) is 0 Å². The molecule has 2 nitrogen and oxygen atoms in total. The van der Waals surface area contributed by atoms with Crippen LogP contribution >= 0.6 is 11.6 Å². The number of ketones is 1. The van der Waals surface area contributed by atoms with E-state index in [-0.39, 0.29) is 11.3 Å². The highest BCUT2D eigenvalue weighted by atomic mass is 35.5. The SMILES string of the molecule is COc1ccc(Cl)cc1C(=O)c1cc(C)cc(F)c1. The van der Waals surface area contributed by atoms with Crippen LogP contribution in [0.5, 0.6) is 5.75 Å². The minimum absolute atomic E-state index is 0.276. The third-order valence-corrected chi connectivity index (χ3v) is 2.95. The summed E-state index contributed by atoms with van der Waals surface area (Å²) in [5.74, 6) is -0.345. The molecule has 0 N–H and O–H groups in total. The lowest BCUT2D eigenvalue weighted by atomic mass is 10.0. The van der Waals surface area contributed by atoms with E-state index in [1.165, 1.54) is 25.3 Å². The number of methoxy groups -OCH3 is 1. The monoisotopic (exact) mass is 278 g/mol. The zero-order valence-corrected chi connectivity index (χ0v) is 11.3. The smallest absolute Gasteiger partial charge is 0.196 e. The molecule has 2 rings (SSSR count). The van der Waals surface area contributed by atoms with Gasteiger partial charge < -0.3 is 4.74 Å². The summed E-state index contributed by atoms with van der Waals surface area (Å²) in [5, 5.41) is 0.428. The third-order valence-electron chi connectivity index (χ3n) is 2.71. The van der Waals surface area contributed by atoms with Crippen LogP contribution in [0.4, 0.5) is 4.39 Å². The van der Waals surface area contributed by atoms with Crippen molar-refractivity contribution in [2.75, 3.05) is 7.11 Å². The first-order valence-electron chi connectivity index (χ1n) is 5.66. The number of hydrogen-bond acceptors (Lipinski definition) is 2. The highest BCUT2D eigenvalue weighted by Gasteiger charge is 2.16. The van der Waals surface area contributed by atoms with Crippen LogP contribution in [0, 0.1) is 12.7 Å². The molecule has 19 heavy (non-hydrogen) atoms. The molecule has 2 aromatic rings. The molecule has 0 amide bonds. The number of hydrogen-bond donors (Lipinski definition) is 0. The van der Waals surface area contributed by atoms with Gasteiger partial charge in [0.05, 0.1) is 12.7 Å². The van der Waals surface area contributed by atoms with Gasteiger partial charge in [0.15, 0.2) is 5.78 Å². The Labute approximate surface area is 115 Å². The van der Waals surface area contributed by atoms with E-state index in [9.17, 15) is 9.18 Å². The maximum atomic E-state index is 13.4. The number of halogens is 2. The molecule has 0 spiro atoms. The molecule has 0 bridgehead atoms. The Morgan fingerprint density at radius 3 is 2.58 bits per heavy atom. The Morgan fingerprint density at radius 2 is 1.95 bits per heavy atom. The maximum absolute atomic E-state index is 13.4. The van der Waals surface area contributed by atoms with E-state index in [4.69, 9.17) is 16.3 Å². The molecule has 98 valence electrons. The fraction of sp³-hybridized carbons (Fsp3) is 0.133. The van der Waals surface area contributed by atoms with Gasteiger partial charge in [0.25, 0.3) is 0 Å². The molecular weight excluding hydrogens is 267 g/mol. The average Bonchev–Trinajstić information content (AvgIpc) is 2.36. The first-order valence-corrected chi connectivity index (χ1v) is 6.04. The van der Waals surface area contributed by atoms with Gasteiger partial charge in [-0.15, -0.1) is 0 Å². The molecule has 0 aliphatic rings. The number of carbonyl (C=O) groups excluding carboxylic acids is 1. The van der Waals surface area contributed by atoms with Crippen LogP contribution in [-0.4, -0.2) is 12.9 Å². The Kier molecular flexibility index (Phi) is 3.86. The van der Waals surface area contributed by atoms with Gasteiger partial charge in [-0.2, -0.15) is 0 Å². The van der Waals surface area contributed by atoms with Gasteiger partial charge in [0.2, 0.25) is 0 Å². The second-order valence-corrected chi connectivity index (χ2v) is 4.63. The van der Waals surface area contributed by atoms with Crippen LogP contribution in [0.1, 0.15) is 21.5 Å². The predicted octanol–water partition coefficient (Wildman–Crippen LogP) is 4.03. The quantitative estimate of drug-likeness (QED) is 0.793. The Balaban J connectivity index is 2.52. The minimum Gasteiger partial charge on any atom is -0.496 e. The molecule has 0 radical (unpaired) electrons. The fourth-order valence-electron chi connectivity index (χ4n) is 1.88. The van der Waals surface area contributed by atoms with E-state index < -0.39 is 5.82 Å². The summed E-state index contributed by atoms with van der Waals surface area (Å²) < 4.78 is 18.5. The fourth-order valence-corrected chi connectivity index (χ4v) is 2.05. The largest absolute Gasteiger partial charge is 0.496 e. The summed E-state index contributed by atoms with van der Waals surface area (Å²) in [5.41, 5.74) is 1.28. The number of benzene rings is 2. The van der Waals surface area contributed by atoms with Gasteiger partial charge in [-0.25, -0.2) is 4.39 Å². The molecule has 0 atom stereocenters. The van der Waals surface area contributed by atoms with E-state index in [2.05, 4.69) is 0 Å². The van der Waals surface area contributed by atoms with E-state index in [1.54, 1.807) is 25.1 Å². The molecular formula is C15H12ClFO2. The first kappa shape index (κ1) is 13.6. The molecule has 0 unspecified atom stereocenters. The first-order chi connectivity index (χ1) is 9.01. The number of rotatable bonds is 3. The molecule has 0 saturated heterocycles. The highest BCUT2D eigenvalue weighted by Crippen LogP contribution is 2.25. The summed E-state index contributed by atoms with van der Waals surface area (Å²) in [6.45, 7) is 1.73. The van der Waals surface area contributed by atoms with Gasteiger partial charge >= 0.3 is 0 Å². The third kappa shape index (κ3) is 2.93. The van der Waals surface area contributed by atoms with Crippen LogP contribution in [0.15, 0.2) is 36.4 Å². The second kappa shape index (κ2) is 5.41. The Bertz CT molecular complexity index is 618. The van der Waals surface area contributed by atoms with Crippen molar-refractivity contribution in [1.29, 1.82) is 0 Å². The van der Waals surface area contributed by atoms with E-state index in [0.29, 0.717) is 21.9 Å². The van der Waals surface area contributed by atoms with Crippen molar-refractivity contribution in [2.24, 2.45) is 0 Å². The van der Waals surface area contributed by atoms with E-state index >= 15 is 0 Å². The number of carbonyl (C=O) groups is 1. The topological polar surface area (TPSA) is 26.3 Å². The zero-order chi connectivity index (χ0) is 14.0. The van der Waals surface area contributed by atoms with Crippen molar-refractivity contribution in [2.45, 2.75) is 6.92 Å². The van der Waals surface area contributed by atoms with Crippen molar-refractivity contribution in [1.82, 2.24) is 0 Å². The van der Waals surface area contributed by atoms with Crippen LogP contribution in [0.2, 0.25) is 5.02 Å². The summed E-state index contributed by atoms with van der Waals surface area (Å²) >= 11 is 5.89. The number of ether oxygens (including phenoxy) is 1. The van der Waals surface area contributed by atoms with Crippen LogP contribution in [-0.2, 0) is 0 Å². The summed E-state index contributed by atoms with van der Waals surface area (Å²) in [6.07, 6.45) is 0. The summed E-state index contributed by atoms with van der Waals surface area (Å²) in [4.78, 5) is 12.4. The van der Waals surface area contributed by atoms with Crippen molar-refractivity contribution in [3.05, 3.63) is 63.9 Å². The lowest BCUT2D eigenvalue weighted by molar-refractivity contribution is 0.103. The molecule has 0 aliphatic heterocycles. The summed E-state index contributed by atoms with van der Waals surface area (Å²) in [6, 6.07) is 8.96. The maximum Gasteiger partial charge on any atom is 0.196 e. The normalized spacial score (nSPS) is 10.3. The zero-order valence-electron chi connectivity index (χ0n) is 10.5. The van der Waals surface area contributed by atoms with E-state index in [1.807, 2.05) is 0 Å². The average molecular weight is 279 g/mol. The van der Waals surface area contributed by atoms with Gasteiger partial charge in [0, 0.05) is 10.6 Å². The van der Waals surface area contributed by atoms with Crippen molar-refractivity contribution >= 4 is 17.4 Å². The van der Waals surface area contributed by atoms with Gasteiger partial charge in [0.1, 0.15) is 11.6 Å².